The van der Waals surface area contributed by atoms with Crippen molar-refractivity contribution in [3.63, 3.8) is 0 Å². The molecule has 1 saturated heterocycles. The van der Waals surface area contributed by atoms with E-state index in [1.165, 1.54) is 0 Å². The fourth-order valence-electron chi connectivity index (χ4n) is 1.61. The summed E-state index contributed by atoms with van der Waals surface area (Å²) < 4.78 is 19.0. The van der Waals surface area contributed by atoms with E-state index in [9.17, 15) is 0 Å². The highest BCUT2D eigenvalue weighted by Gasteiger charge is 2.43. The van der Waals surface area contributed by atoms with Crippen molar-refractivity contribution in [1.82, 2.24) is 9.73 Å². The summed E-state index contributed by atoms with van der Waals surface area (Å²) in [6, 6.07) is -0.291. The van der Waals surface area contributed by atoms with Crippen LogP contribution in [0, 0.1) is 0 Å². The molecule has 0 aromatic carbocycles. The lowest BCUT2D eigenvalue weighted by Gasteiger charge is -2.37. The van der Waals surface area contributed by atoms with Crippen molar-refractivity contribution in [2.75, 3.05) is 41.0 Å². The highest BCUT2D eigenvalue weighted by atomic mass is 31.2. The van der Waals surface area contributed by atoms with Crippen LogP contribution in [0.2, 0.25) is 0 Å². The Kier molecular flexibility index (Phi) is 5.83. The van der Waals surface area contributed by atoms with E-state index in [1.54, 1.807) is 7.11 Å². The summed E-state index contributed by atoms with van der Waals surface area (Å²) in [7, 11) is 9.41. The van der Waals surface area contributed by atoms with Crippen LogP contribution in [-0.4, -0.2) is 70.6 Å². The Labute approximate surface area is 106 Å². The number of rotatable bonds is 5. The summed E-state index contributed by atoms with van der Waals surface area (Å²) in [5, 5.41) is 1.87. The van der Waals surface area contributed by atoms with E-state index in [4.69, 9.17) is 21.7 Å². The lowest BCUT2D eigenvalue weighted by Crippen LogP contribution is -2.48. The summed E-state index contributed by atoms with van der Waals surface area (Å²) >= 11 is 0. The molecule has 3 atom stereocenters. The third kappa shape index (κ3) is 4.16. The molecule has 7 heteroatoms. The minimum absolute atomic E-state index is 0.131. The lowest BCUT2D eigenvalue weighted by molar-refractivity contribution is -0.165. The van der Waals surface area contributed by atoms with Gasteiger partial charge in [-0.15, -0.1) is 9.73 Å². The average Bonchev–Trinajstić information content (AvgIpc) is 2.27. The Hall–Kier alpha value is 0.295. The summed E-state index contributed by atoms with van der Waals surface area (Å²) in [5.41, 5.74) is 0. The van der Waals surface area contributed by atoms with Crippen LogP contribution in [0.25, 0.3) is 0 Å². The standard InChI is InChI=1S/C10H23BN2O3P/c1-6-9-7-13(8-10(11)15-9)16-17(5,14-4)12(2)3/h9-10H,6-8H2,1-5H3/q+1. The van der Waals surface area contributed by atoms with Crippen molar-refractivity contribution in [3.8, 4) is 0 Å². The van der Waals surface area contributed by atoms with Gasteiger partial charge < -0.3 is 4.74 Å². The van der Waals surface area contributed by atoms with Crippen LogP contribution in [0.4, 0.5) is 0 Å². The van der Waals surface area contributed by atoms with Crippen molar-refractivity contribution in [2.45, 2.75) is 25.5 Å². The first-order chi connectivity index (χ1) is 7.91. The number of hydrogen-bond donors (Lipinski definition) is 0. The van der Waals surface area contributed by atoms with Gasteiger partial charge in [0.05, 0.1) is 19.8 Å². The zero-order valence-corrected chi connectivity index (χ0v) is 12.3. The van der Waals surface area contributed by atoms with Crippen molar-refractivity contribution in [3.05, 3.63) is 0 Å². The number of hydrogen-bond acceptors (Lipinski definition) is 5. The molecule has 2 radical (unpaired) electrons. The molecular weight excluding hydrogens is 238 g/mol. The molecule has 98 valence electrons. The van der Waals surface area contributed by atoms with Gasteiger partial charge in [0, 0.05) is 26.6 Å². The van der Waals surface area contributed by atoms with Crippen LogP contribution in [-0.2, 0) is 13.9 Å². The minimum Gasteiger partial charge on any atom is -0.382 e. The maximum Gasteiger partial charge on any atom is 0.370 e. The molecule has 0 saturated carbocycles. The number of nitrogens with zero attached hydrogens (tertiary/aromatic N) is 2. The van der Waals surface area contributed by atoms with E-state index in [-0.39, 0.29) is 12.1 Å². The first-order valence-corrected chi connectivity index (χ1v) is 7.89. The molecule has 0 N–H and O–H groups in total. The SMILES string of the molecule is [B]C1CN(O[P+](C)(OC)N(C)C)CC(CC)O1. The second-order valence-electron chi connectivity index (χ2n) is 4.47. The first-order valence-electron chi connectivity index (χ1n) is 5.87. The largest absolute Gasteiger partial charge is 0.382 e. The van der Waals surface area contributed by atoms with E-state index in [2.05, 4.69) is 6.92 Å². The summed E-state index contributed by atoms with van der Waals surface area (Å²) in [6.07, 6.45) is 1.06. The molecule has 0 amide bonds. The molecule has 17 heavy (non-hydrogen) atoms. The summed E-state index contributed by atoms with van der Waals surface area (Å²) in [6.45, 7) is 5.37. The van der Waals surface area contributed by atoms with E-state index < -0.39 is 7.87 Å². The van der Waals surface area contributed by atoms with Gasteiger partial charge in [-0.25, -0.2) is 0 Å². The molecule has 3 unspecified atom stereocenters. The van der Waals surface area contributed by atoms with Crippen molar-refractivity contribution >= 4 is 15.7 Å². The van der Waals surface area contributed by atoms with Crippen molar-refractivity contribution in [1.29, 1.82) is 0 Å². The van der Waals surface area contributed by atoms with E-state index in [0.717, 1.165) is 13.0 Å². The van der Waals surface area contributed by atoms with Gasteiger partial charge >= 0.3 is 7.87 Å². The molecule has 0 aliphatic carbocycles. The van der Waals surface area contributed by atoms with Gasteiger partial charge in [-0.05, 0) is 6.42 Å². The topological polar surface area (TPSA) is 34.2 Å². The molecule has 1 rings (SSSR count). The van der Waals surface area contributed by atoms with Crippen molar-refractivity contribution < 1.29 is 13.9 Å². The molecular formula is C10H23BN2O3P+. The number of hydroxylamine groups is 2. The van der Waals surface area contributed by atoms with Crippen LogP contribution in [0.1, 0.15) is 13.3 Å². The molecule has 0 aromatic rings. The molecule has 1 aliphatic heterocycles. The fourth-order valence-corrected chi connectivity index (χ4v) is 2.71. The fraction of sp³-hybridized carbons (Fsp3) is 1.00. The molecule has 1 fully saturated rings. The molecule has 0 bridgehead atoms. The Balaban J connectivity index is 2.60. The maximum atomic E-state index is 5.98. The quantitative estimate of drug-likeness (QED) is 0.547. The van der Waals surface area contributed by atoms with Gasteiger partial charge in [0.15, 0.2) is 0 Å². The predicted octanol–water partition coefficient (Wildman–Crippen LogP) is 1.12. The Morgan fingerprint density at radius 2 is 2.12 bits per heavy atom. The Bertz CT molecular complexity index is 248. The minimum atomic E-state index is -2.01. The molecule has 0 spiro atoms. The Morgan fingerprint density at radius 3 is 2.59 bits per heavy atom. The van der Waals surface area contributed by atoms with Gasteiger partial charge in [0.1, 0.15) is 14.5 Å². The highest BCUT2D eigenvalue weighted by Crippen LogP contribution is 2.59. The maximum absolute atomic E-state index is 5.98. The third-order valence-corrected chi connectivity index (χ3v) is 5.61. The monoisotopic (exact) mass is 261 g/mol. The zero-order chi connectivity index (χ0) is 13.1. The summed E-state index contributed by atoms with van der Waals surface area (Å²) in [5.74, 6) is 0. The highest BCUT2D eigenvalue weighted by molar-refractivity contribution is 7.63. The van der Waals surface area contributed by atoms with E-state index in [1.807, 2.05) is 30.5 Å². The van der Waals surface area contributed by atoms with Crippen LogP contribution in [0.3, 0.4) is 0 Å². The third-order valence-electron chi connectivity index (χ3n) is 2.95. The molecule has 5 nitrogen and oxygen atoms in total. The Morgan fingerprint density at radius 1 is 1.47 bits per heavy atom. The molecule has 1 aliphatic rings. The average molecular weight is 261 g/mol. The van der Waals surface area contributed by atoms with Crippen LogP contribution < -0.4 is 0 Å². The van der Waals surface area contributed by atoms with Crippen LogP contribution in [0.5, 0.6) is 0 Å². The zero-order valence-electron chi connectivity index (χ0n) is 11.4. The first kappa shape index (κ1) is 15.4. The van der Waals surface area contributed by atoms with Gasteiger partial charge in [0.2, 0.25) is 0 Å². The van der Waals surface area contributed by atoms with Gasteiger partial charge in [0.25, 0.3) is 0 Å². The van der Waals surface area contributed by atoms with Crippen LogP contribution >= 0.6 is 7.87 Å². The second-order valence-corrected chi connectivity index (χ2v) is 7.40. The predicted molar refractivity (Wildman–Crippen MR) is 70.9 cm³/mol. The van der Waals surface area contributed by atoms with Gasteiger partial charge in [-0.2, -0.15) is 4.52 Å². The van der Waals surface area contributed by atoms with E-state index >= 15 is 0 Å². The lowest BCUT2D eigenvalue weighted by atomic mass is 9.98. The number of morpholine rings is 1. The van der Waals surface area contributed by atoms with Crippen molar-refractivity contribution in [2.24, 2.45) is 0 Å². The van der Waals surface area contributed by atoms with E-state index in [0.29, 0.717) is 6.54 Å². The summed E-state index contributed by atoms with van der Waals surface area (Å²) in [4.78, 5) is 0. The second kappa shape index (κ2) is 6.46. The van der Waals surface area contributed by atoms with Gasteiger partial charge in [-0.3, -0.25) is 0 Å². The molecule has 0 aromatic heterocycles. The van der Waals surface area contributed by atoms with Crippen LogP contribution in [0.15, 0.2) is 0 Å². The van der Waals surface area contributed by atoms with Gasteiger partial charge in [-0.1, -0.05) is 11.5 Å². The smallest absolute Gasteiger partial charge is 0.370 e. The normalized spacial score (nSPS) is 30.5. The number of ether oxygens (including phenoxy) is 1. The molecule has 1 heterocycles.